The van der Waals surface area contributed by atoms with Crippen LogP contribution >= 0.6 is 23.1 Å². The maximum absolute atomic E-state index is 12.4. The zero-order valence-electron chi connectivity index (χ0n) is 11.9. The first kappa shape index (κ1) is 17.0. The minimum atomic E-state index is -3.34. The van der Waals surface area contributed by atoms with Gasteiger partial charge in [0.05, 0.1) is 4.90 Å². The van der Waals surface area contributed by atoms with Crippen molar-refractivity contribution in [1.82, 2.24) is 9.62 Å². The number of nitrogens with zero attached hydrogens (tertiary/aromatic N) is 1. The molecule has 0 aliphatic carbocycles. The molecule has 0 fully saturated rings. The Kier molecular flexibility index (Phi) is 6.82. The first-order valence-corrected chi connectivity index (χ1v) is 9.83. The van der Waals surface area contributed by atoms with E-state index in [1.807, 2.05) is 20.1 Å². The van der Waals surface area contributed by atoms with Gasteiger partial charge in [-0.25, -0.2) is 12.7 Å². The van der Waals surface area contributed by atoms with Gasteiger partial charge in [-0.3, -0.25) is 0 Å². The van der Waals surface area contributed by atoms with Crippen LogP contribution in [0.2, 0.25) is 0 Å². The third-order valence-corrected chi connectivity index (χ3v) is 6.52. The Bertz CT molecular complexity index is 497. The molecule has 0 spiro atoms. The Morgan fingerprint density at radius 3 is 2.74 bits per heavy atom. The van der Waals surface area contributed by atoms with E-state index in [1.54, 1.807) is 36.2 Å². The lowest BCUT2D eigenvalue weighted by Crippen LogP contribution is -2.29. The number of aryl methyl sites for hydroxylation is 1. The van der Waals surface area contributed by atoms with E-state index in [1.165, 1.54) is 4.31 Å². The standard InChI is InChI=1S/C12H22N2O2S3/c1-5-13-9-11-8-12(10(2)18-11)19(15,16)14(3)6-7-17-4/h8,13H,5-7,9H2,1-4H3. The highest BCUT2D eigenvalue weighted by Crippen LogP contribution is 2.27. The molecular formula is C12H22N2O2S3. The summed E-state index contributed by atoms with van der Waals surface area (Å²) in [6.07, 6.45) is 1.98. The molecule has 19 heavy (non-hydrogen) atoms. The maximum Gasteiger partial charge on any atom is 0.243 e. The van der Waals surface area contributed by atoms with Crippen LogP contribution in [0.3, 0.4) is 0 Å². The average Bonchev–Trinajstić information content (AvgIpc) is 2.75. The summed E-state index contributed by atoms with van der Waals surface area (Å²) in [5.74, 6) is 0.809. The van der Waals surface area contributed by atoms with Crippen LogP contribution in [-0.2, 0) is 16.6 Å². The summed E-state index contributed by atoms with van der Waals surface area (Å²) in [6, 6.07) is 1.80. The van der Waals surface area contributed by atoms with Crippen LogP contribution in [0.15, 0.2) is 11.0 Å². The summed E-state index contributed by atoms with van der Waals surface area (Å²) >= 11 is 3.20. The lowest BCUT2D eigenvalue weighted by atomic mass is 10.4. The molecule has 1 rings (SSSR count). The third kappa shape index (κ3) is 4.46. The lowest BCUT2D eigenvalue weighted by Gasteiger charge is -2.16. The molecule has 1 aromatic rings. The number of hydrogen-bond donors (Lipinski definition) is 1. The van der Waals surface area contributed by atoms with Crippen molar-refractivity contribution < 1.29 is 8.42 Å². The van der Waals surface area contributed by atoms with E-state index in [9.17, 15) is 8.42 Å². The Morgan fingerprint density at radius 2 is 2.16 bits per heavy atom. The molecule has 110 valence electrons. The molecule has 0 saturated heterocycles. The average molecular weight is 323 g/mol. The SMILES string of the molecule is CCNCc1cc(S(=O)(=O)N(C)CCSC)c(C)s1. The maximum atomic E-state index is 12.4. The van der Waals surface area contributed by atoms with Crippen molar-refractivity contribution >= 4 is 33.1 Å². The molecule has 0 radical (unpaired) electrons. The molecule has 0 atom stereocenters. The normalized spacial score (nSPS) is 12.3. The van der Waals surface area contributed by atoms with Gasteiger partial charge in [-0.1, -0.05) is 6.92 Å². The molecule has 1 heterocycles. The summed E-state index contributed by atoms with van der Waals surface area (Å²) in [5.41, 5.74) is 0. The van der Waals surface area contributed by atoms with Gasteiger partial charge in [-0.2, -0.15) is 11.8 Å². The van der Waals surface area contributed by atoms with E-state index in [2.05, 4.69) is 5.32 Å². The van der Waals surface area contributed by atoms with E-state index in [4.69, 9.17) is 0 Å². The van der Waals surface area contributed by atoms with Crippen LogP contribution < -0.4 is 5.32 Å². The van der Waals surface area contributed by atoms with Crippen LogP contribution in [0.25, 0.3) is 0 Å². The largest absolute Gasteiger partial charge is 0.312 e. The van der Waals surface area contributed by atoms with Crippen molar-refractivity contribution in [2.45, 2.75) is 25.3 Å². The predicted molar refractivity (Wildman–Crippen MR) is 84.6 cm³/mol. The fourth-order valence-corrected chi connectivity index (χ4v) is 4.94. The minimum absolute atomic E-state index is 0.453. The molecule has 0 aliphatic heterocycles. The molecule has 0 amide bonds. The second-order valence-corrected chi connectivity index (χ2v) is 8.57. The van der Waals surface area contributed by atoms with Crippen molar-refractivity contribution in [2.75, 3.05) is 32.1 Å². The first-order chi connectivity index (χ1) is 8.93. The van der Waals surface area contributed by atoms with Crippen LogP contribution in [0.1, 0.15) is 16.7 Å². The number of sulfonamides is 1. The molecule has 4 nitrogen and oxygen atoms in total. The van der Waals surface area contributed by atoms with Gasteiger partial charge in [-0.05, 0) is 25.8 Å². The second kappa shape index (κ2) is 7.64. The third-order valence-electron chi connectivity index (χ3n) is 2.77. The fraction of sp³-hybridized carbons (Fsp3) is 0.667. The molecule has 1 aromatic heterocycles. The first-order valence-electron chi connectivity index (χ1n) is 6.18. The number of nitrogens with one attached hydrogen (secondary N) is 1. The van der Waals surface area contributed by atoms with E-state index >= 15 is 0 Å². The van der Waals surface area contributed by atoms with E-state index in [-0.39, 0.29) is 0 Å². The summed E-state index contributed by atoms with van der Waals surface area (Å²) in [4.78, 5) is 2.38. The van der Waals surface area contributed by atoms with Gasteiger partial charge in [0.15, 0.2) is 0 Å². The highest BCUT2D eigenvalue weighted by Gasteiger charge is 2.24. The Hall–Kier alpha value is -0.0800. The summed E-state index contributed by atoms with van der Waals surface area (Å²) < 4.78 is 26.3. The van der Waals surface area contributed by atoms with Gasteiger partial charge in [0, 0.05) is 35.6 Å². The Labute approximate surface area is 124 Å². The van der Waals surface area contributed by atoms with Crippen LogP contribution in [0.4, 0.5) is 0 Å². The van der Waals surface area contributed by atoms with Gasteiger partial charge in [0.25, 0.3) is 0 Å². The Morgan fingerprint density at radius 1 is 1.47 bits per heavy atom. The van der Waals surface area contributed by atoms with E-state index in [0.717, 1.165) is 28.6 Å². The lowest BCUT2D eigenvalue weighted by molar-refractivity contribution is 0.488. The van der Waals surface area contributed by atoms with Crippen molar-refractivity contribution in [1.29, 1.82) is 0 Å². The molecule has 0 saturated carbocycles. The van der Waals surface area contributed by atoms with Gasteiger partial charge in [0.2, 0.25) is 10.0 Å². The molecular weight excluding hydrogens is 300 g/mol. The van der Waals surface area contributed by atoms with Crippen LogP contribution in [-0.4, -0.2) is 44.9 Å². The second-order valence-electron chi connectivity index (χ2n) is 4.23. The summed E-state index contributed by atoms with van der Waals surface area (Å²) in [5, 5.41) is 3.22. The number of thioether (sulfide) groups is 1. The van der Waals surface area contributed by atoms with Gasteiger partial charge >= 0.3 is 0 Å². The monoisotopic (exact) mass is 322 g/mol. The zero-order valence-corrected chi connectivity index (χ0v) is 14.3. The van der Waals surface area contributed by atoms with Crippen molar-refractivity contribution in [3.63, 3.8) is 0 Å². The van der Waals surface area contributed by atoms with E-state index < -0.39 is 10.0 Å². The van der Waals surface area contributed by atoms with E-state index in [0.29, 0.717) is 11.4 Å². The number of hydrogen-bond acceptors (Lipinski definition) is 5. The smallest absolute Gasteiger partial charge is 0.243 e. The van der Waals surface area contributed by atoms with Crippen molar-refractivity contribution in [3.8, 4) is 0 Å². The Balaban J connectivity index is 2.91. The highest BCUT2D eigenvalue weighted by atomic mass is 32.2. The van der Waals surface area contributed by atoms with Gasteiger partial charge < -0.3 is 5.32 Å². The molecule has 0 aromatic carbocycles. The highest BCUT2D eigenvalue weighted by molar-refractivity contribution is 7.98. The molecule has 0 unspecified atom stereocenters. The summed E-state index contributed by atoms with van der Waals surface area (Å²) in [7, 11) is -1.70. The van der Waals surface area contributed by atoms with Crippen LogP contribution in [0.5, 0.6) is 0 Å². The van der Waals surface area contributed by atoms with Crippen LogP contribution in [0, 0.1) is 6.92 Å². The van der Waals surface area contributed by atoms with Crippen molar-refractivity contribution in [2.24, 2.45) is 0 Å². The number of thiophene rings is 1. The predicted octanol–water partition coefficient (Wildman–Crippen LogP) is 2.15. The van der Waals surface area contributed by atoms with Crippen molar-refractivity contribution in [3.05, 3.63) is 15.8 Å². The fourth-order valence-electron chi connectivity index (χ4n) is 1.62. The molecule has 1 N–H and O–H groups in total. The molecule has 0 bridgehead atoms. The molecule has 7 heteroatoms. The zero-order chi connectivity index (χ0) is 14.5. The topological polar surface area (TPSA) is 49.4 Å². The van der Waals surface area contributed by atoms with Gasteiger partial charge in [0.1, 0.15) is 0 Å². The molecule has 0 aliphatic rings. The van der Waals surface area contributed by atoms with Gasteiger partial charge in [-0.15, -0.1) is 11.3 Å². The quantitative estimate of drug-likeness (QED) is 0.797. The summed E-state index contributed by atoms with van der Waals surface area (Å²) in [6.45, 7) is 6.06. The minimum Gasteiger partial charge on any atom is -0.312 e. The number of rotatable bonds is 8.